The lowest BCUT2D eigenvalue weighted by atomic mass is 10.1. The van der Waals surface area contributed by atoms with Crippen LogP contribution in [0.3, 0.4) is 0 Å². The van der Waals surface area contributed by atoms with Gasteiger partial charge in [0.2, 0.25) is 0 Å². The first-order valence-electron chi connectivity index (χ1n) is 6.74. The highest BCUT2D eigenvalue weighted by Crippen LogP contribution is 2.28. The first-order valence-corrected chi connectivity index (χ1v) is 7.62. The summed E-state index contributed by atoms with van der Waals surface area (Å²) in [5, 5.41) is 9.60. The Kier molecular flexibility index (Phi) is 4.13. The molecule has 3 rings (SSSR count). The number of aromatic nitrogens is 2. The van der Waals surface area contributed by atoms with Gasteiger partial charge >= 0.3 is 0 Å². The van der Waals surface area contributed by atoms with Crippen LogP contribution in [0.2, 0.25) is 0 Å². The molecule has 0 aliphatic rings. The predicted octanol–water partition coefficient (Wildman–Crippen LogP) is 3.58. The number of hydrogen-bond acceptors (Lipinski definition) is 3. The van der Waals surface area contributed by atoms with Crippen LogP contribution in [0, 0.1) is 5.82 Å². The number of benzene rings is 1. The molecule has 0 spiro atoms. The minimum atomic E-state index is -0.175. The minimum Gasteiger partial charge on any atom is -0.307 e. The highest BCUT2D eigenvalue weighted by atomic mass is 32.1. The van der Waals surface area contributed by atoms with Gasteiger partial charge in [-0.25, -0.2) is 4.39 Å². The average Bonchev–Trinajstić information content (AvgIpc) is 3.12. The van der Waals surface area contributed by atoms with E-state index in [2.05, 4.69) is 10.4 Å². The van der Waals surface area contributed by atoms with E-state index in [1.54, 1.807) is 16.0 Å². The molecule has 0 saturated carbocycles. The highest BCUT2D eigenvalue weighted by Gasteiger charge is 2.07. The number of hydrogen-bond donors (Lipinski definition) is 1. The van der Waals surface area contributed by atoms with Gasteiger partial charge in [0.1, 0.15) is 5.82 Å². The molecule has 0 aliphatic heterocycles. The Balaban J connectivity index is 1.67. The summed E-state index contributed by atoms with van der Waals surface area (Å²) < 4.78 is 15.7. The largest absolute Gasteiger partial charge is 0.307 e. The van der Waals surface area contributed by atoms with Crippen LogP contribution in [0.4, 0.5) is 4.39 Å². The second-order valence-electron chi connectivity index (χ2n) is 4.88. The van der Waals surface area contributed by atoms with E-state index in [-0.39, 0.29) is 5.82 Å². The molecule has 0 fully saturated rings. The summed E-state index contributed by atoms with van der Waals surface area (Å²) in [5.74, 6) is -0.175. The summed E-state index contributed by atoms with van der Waals surface area (Å²) in [5.41, 5.74) is 2.73. The van der Waals surface area contributed by atoms with E-state index in [1.165, 1.54) is 6.07 Å². The number of rotatable bonds is 5. The summed E-state index contributed by atoms with van der Waals surface area (Å²) >= 11 is 1.55. The van der Waals surface area contributed by atoms with Crippen LogP contribution in [0.1, 0.15) is 11.3 Å². The number of thiophene rings is 1. The summed E-state index contributed by atoms with van der Waals surface area (Å²) in [6.07, 6.45) is 1.92. The van der Waals surface area contributed by atoms with E-state index in [0.29, 0.717) is 18.7 Å². The molecule has 0 aliphatic carbocycles. The van der Waals surface area contributed by atoms with Gasteiger partial charge in [0.05, 0.1) is 5.69 Å². The highest BCUT2D eigenvalue weighted by molar-refractivity contribution is 7.13. The Morgan fingerprint density at radius 3 is 2.86 bits per heavy atom. The molecule has 3 aromatic rings. The third-order valence-corrected chi connectivity index (χ3v) is 4.12. The lowest BCUT2D eigenvalue weighted by Crippen LogP contribution is -2.13. The van der Waals surface area contributed by atoms with Crippen molar-refractivity contribution >= 4 is 11.3 Å². The van der Waals surface area contributed by atoms with Gasteiger partial charge in [-0.3, -0.25) is 4.68 Å². The van der Waals surface area contributed by atoms with Crippen molar-refractivity contribution in [3.63, 3.8) is 0 Å². The molecule has 2 heterocycles. The zero-order valence-electron chi connectivity index (χ0n) is 11.7. The van der Waals surface area contributed by atoms with Gasteiger partial charge in [-0.05, 0) is 35.2 Å². The van der Waals surface area contributed by atoms with Crippen LogP contribution < -0.4 is 5.32 Å². The molecule has 0 saturated heterocycles. The van der Waals surface area contributed by atoms with E-state index in [1.807, 2.05) is 49.0 Å². The van der Waals surface area contributed by atoms with Crippen LogP contribution in [0.15, 0.2) is 48.0 Å². The molecular weight excluding hydrogens is 285 g/mol. The topological polar surface area (TPSA) is 29.9 Å². The number of aryl methyl sites for hydroxylation is 1. The molecule has 5 heteroatoms. The molecule has 3 nitrogen and oxygen atoms in total. The Bertz CT molecular complexity index is 719. The van der Waals surface area contributed by atoms with Crippen molar-refractivity contribution in [1.82, 2.24) is 15.1 Å². The third kappa shape index (κ3) is 3.37. The number of halogens is 1. The maximum Gasteiger partial charge on any atom is 0.131 e. The monoisotopic (exact) mass is 301 g/mol. The zero-order chi connectivity index (χ0) is 14.7. The second kappa shape index (κ2) is 6.20. The Labute approximate surface area is 127 Å². The Morgan fingerprint density at radius 1 is 1.24 bits per heavy atom. The SMILES string of the molecule is Cn1ccc(CNCc2ccc(F)c(-c3cccs3)c2)n1. The van der Waals surface area contributed by atoms with Crippen molar-refractivity contribution in [1.29, 1.82) is 0 Å². The molecule has 108 valence electrons. The maximum absolute atomic E-state index is 13.9. The van der Waals surface area contributed by atoms with Crippen molar-refractivity contribution in [3.8, 4) is 10.4 Å². The summed E-state index contributed by atoms with van der Waals surface area (Å²) in [7, 11) is 1.90. The van der Waals surface area contributed by atoms with Crippen molar-refractivity contribution < 1.29 is 4.39 Å². The molecule has 1 N–H and O–H groups in total. The first kappa shape index (κ1) is 14.0. The molecule has 0 atom stereocenters. The summed E-state index contributed by atoms with van der Waals surface area (Å²) in [6, 6.07) is 11.1. The normalized spacial score (nSPS) is 11.0. The maximum atomic E-state index is 13.9. The molecule has 2 aromatic heterocycles. The molecule has 21 heavy (non-hydrogen) atoms. The number of nitrogens with zero attached hydrogens (tertiary/aromatic N) is 2. The van der Waals surface area contributed by atoms with E-state index >= 15 is 0 Å². The smallest absolute Gasteiger partial charge is 0.131 e. The van der Waals surface area contributed by atoms with Gasteiger partial charge in [0.25, 0.3) is 0 Å². The second-order valence-corrected chi connectivity index (χ2v) is 5.82. The van der Waals surface area contributed by atoms with Gasteiger partial charge in [-0.15, -0.1) is 11.3 Å². The van der Waals surface area contributed by atoms with Crippen LogP contribution in [-0.2, 0) is 20.1 Å². The van der Waals surface area contributed by atoms with E-state index in [4.69, 9.17) is 0 Å². The molecule has 1 aromatic carbocycles. The first-order chi connectivity index (χ1) is 10.2. The molecular formula is C16H16FN3S. The van der Waals surface area contributed by atoms with Crippen molar-refractivity contribution in [2.24, 2.45) is 7.05 Å². The van der Waals surface area contributed by atoms with Crippen LogP contribution in [-0.4, -0.2) is 9.78 Å². The third-order valence-electron chi connectivity index (χ3n) is 3.22. The minimum absolute atomic E-state index is 0.175. The lowest BCUT2D eigenvalue weighted by Gasteiger charge is -2.06. The molecule has 0 unspecified atom stereocenters. The standard InChI is InChI=1S/C16H16FN3S/c1-20-7-6-13(19-20)11-18-10-12-4-5-15(17)14(9-12)16-3-2-8-21-16/h2-9,18H,10-11H2,1H3. The van der Waals surface area contributed by atoms with Crippen molar-refractivity contribution in [2.75, 3.05) is 0 Å². The quantitative estimate of drug-likeness (QED) is 0.780. The van der Waals surface area contributed by atoms with Gasteiger partial charge < -0.3 is 5.32 Å². The number of nitrogens with one attached hydrogen (secondary N) is 1. The van der Waals surface area contributed by atoms with Crippen molar-refractivity contribution in [3.05, 3.63) is 65.0 Å². The van der Waals surface area contributed by atoms with Gasteiger partial charge in [-0.1, -0.05) is 12.1 Å². The fraction of sp³-hybridized carbons (Fsp3) is 0.188. The Hall–Kier alpha value is -1.98. The van der Waals surface area contributed by atoms with Crippen molar-refractivity contribution in [2.45, 2.75) is 13.1 Å². The predicted molar refractivity (Wildman–Crippen MR) is 83.5 cm³/mol. The Morgan fingerprint density at radius 2 is 2.14 bits per heavy atom. The summed E-state index contributed by atoms with van der Waals surface area (Å²) in [6.45, 7) is 1.39. The molecule has 0 radical (unpaired) electrons. The van der Waals surface area contributed by atoms with Gasteiger partial charge in [0.15, 0.2) is 0 Å². The average molecular weight is 301 g/mol. The van der Waals surface area contributed by atoms with Gasteiger partial charge in [-0.2, -0.15) is 5.10 Å². The fourth-order valence-electron chi connectivity index (χ4n) is 2.20. The van der Waals surface area contributed by atoms with E-state index in [0.717, 1.165) is 16.1 Å². The summed E-state index contributed by atoms with van der Waals surface area (Å²) in [4.78, 5) is 0.957. The van der Waals surface area contributed by atoms with Crippen LogP contribution in [0.25, 0.3) is 10.4 Å². The zero-order valence-corrected chi connectivity index (χ0v) is 12.5. The van der Waals surface area contributed by atoms with Crippen LogP contribution >= 0.6 is 11.3 Å². The molecule has 0 amide bonds. The molecule has 0 bridgehead atoms. The van der Waals surface area contributed by atoms with E-state index in [9.17, 15) is 4.39 Å². The van der Waals surface area contributed by atoms with Gasteiger partial charge in [0, 0.05) is 36.8 Å². The van der Waals surface area contributed by atoms with Crippen LogP contribution in [0.5, 0.6) is 0 Å². The lowest BCUT2D eigenvalue weighted by molar-refractivity contribution is 0.627. The van der Waals surface area contributed by atoms with E-state index < -0.39 is 0 Å². The fourth-order valence-corrected chi connectivity index (χ4v) is 2.94.